The maximum atomic E-state index is 12.8. The molecule has 0 bridgehead atoms. The summed E-state index contributed by atoms with van der Waals surface area (Å²) in [5, 5.41) is 5.80. The number of hydrogen-bond acceptors (Lipinski definition) is 4. The van der Waals surface area contributed by atoms with Gasteiger partial charge in [-0.05, 0) is 50.1 Å². The minimum absolute atomic E-state index is 0.0570. The molecule has 3 amide bonds. The van der Waals surface area contributed by atoms with E-state index in [0.717, 1.165) is 29.1 Å². The zero-order chi connectivity index (χ0) is 21.5. The van der Waals surface area contributed by atoms with E-state index in [1.807, 2.05) is 56.3 Å². The van der Waals surface area contributed by atoms with Crippen molar-refractivity contribution in [1.29, 1.82) is 0 Å². The third-order valence-corrected chi connectivity index (χ3v) is 5.76. The second-order valence-electron chi connectivity index (χ2n) is 7.51. The Kier molecular flexibility index (Phi) is 7.52. The number of thioether (sulfide) groups is 1. The van der Waals surface area contributed by atoms with E-state index in [-0.39, 0.29) is 29.5 Å². The molecule has 1 heterocycles. The Morgan fingerprint density at radius 3 is 2.67 bits per heavy atom. The maximum Gasteiger partial charge on any atom is 0.252 e. The average Bonchev–Trinajstić information content (AvgIpc) is 3.16. The van der Waals surface area contributed by atoms with Crippen LogP contribution in [0, 0.1) is 0 Å². The minimum Gasteiger partial charge on any atom is -0.353 e. The fraction of sp³-hybridized carbons (Fsp3) is 0.348. The van der Waals surface area contributed by atoms with Crippen LogP contribution in [0.2, 0.25) is 0 Å². The molecule has 1 fully saturated rings. The van der Waals surface area contributed by atoms with Gasteiger partial charge >= 0.3 is 0 Å². The van der Waals surface area contributed by atoms with Gasteiger partial charge in [-0.25, -0.2) is 0 Å². The van der Waals surface area contributed by atoms with Crippen molar-refractivity contribution in [2.24, 2.45) is 0 Å². The first-order valence-electron chi connectivity index (χ1n) is 10.1. The lowest BCUT2D eigenvalue weighted by atomic mass is 10.1. The number of nitrogens with zero attached hydrogens (tertiary/aromatic N) is 1. The van der Waals surface area contributed by atoms with Gasteiger partial charge in [-0.1, -0.05) is 24.3 Å². The molecule has 0 unspecified atom stereocenters. The van der Waals surface area contributed by atoms with Crippen LogP contribution in [0.3, 0.4) is 0 Å². The molecule has 1 saturated heterocycles. The van der Waals surface area contributed by atoms with Crippen molar-refractivity contribution in [3.05, 3.63) is 59.7 Å². The minimum atomic E-state index is -0.190. The molecule has 0 radical (unpaired) electrons. The molecule has 3 rings (SSSR count). The number of amides is 3. The van der Waals surface area contributed by atoms with Gasteiger partial charge in [0.05, 0.1) is 11.3 Å². The molecular weight excluding hydrogens is 398 g/mol. The van der Waals surface area contributed by atoms with Crippen molar-refractivity contribution in [2.75, 3.05) is 17.2 Å². The molecule has 1 aliphatic rings. The van der Waals surface area contributed by atoms with Crippen LogP contribution >= 0.6 is 11.8 Å². The molecule has 7 heteroatoms. The van der Waals surface area contributed by atoms with Crippen molar-refractivity contribution in [3.63, 3.8) is 0 Å². The van der Waals surface area contributed by atoms with Crippen molar-refractivity contribution >= 4 is 35.2 Å². The van der Waals surface area contributed by atoms with E-state index in [0.29, 0.717) is 18.5 Å². The van der Waals surface area contributed by atoms with Gasteiger partial charge < -0.3 is 15.5 Å². The van der Waals surface area contributed by atoms with E-state index in [9.17, 15) is 14.4 Å². The van der Waals surface area contributed by atoms with Crippen molar-refractivity contribution in [3.8, 4) is 0 Å². The number of hydrogen-bond donors (Lipinski definition) is 2. The van der Waals surface area contributed by atoms with Crippen LogP contribution < -0.4 is 15.5 Å². The summed E-state index contributed by atoms with van der Waals surface area (Å²) in [5.74, 6) is 0.154. The van der Waals surface area contributed by atoms with E-state index in [1.54, 1.807) is 11.0 Å². The molecule has 30 heavy (non-hydrogen) atoms. The number of carbonyl (C=O) groups excluding carboxylic acids is 3. The summed E-state index contributed by atoms with van der Waals surface area (Å²) in [4.78, 5) is 39.2. The second-order valence-corrected chi connectivity index (χ2v) is 8.53. The zero-order valence-electron chi connectivity index (χ0n) is 17.3. The third kappa shape index (κ3) is 5.86. The van der Waals surface area contributed by atoms with Gasteiger partial charge in [-0.2, -0.15) is 0 Å². The zero-order valence-corrected chi connectivity index (χ0v) is 18.1. The molecule has 0 saturated carbocycles. The smallest absolute Gasteiger partial charge is 0.252 e. The molecule has 158 valence electrons. The Bertz CT molecular complexity index is 929. The Labute approximate surface area is 181 Å². The predicted molar refractivity (Wildman–Crippen MR) is 120 cm³/mol. The lowest BCUT2D eigenvalue weighted by molar-refractivity contribution is -0.119. The maximum absolute atomic E-state index is 12.8. The van der Waals surface area contributed by atoms with Crippen LogP contribution in [-0.2, 0) is 16.1 Å². The molecule has 0 aromatic heterocycles. The number of anilines is 1. The molecule has 0 spiro atoms. The van der Waals surface area contributed by atoms with Gasteiger partial charge in [0, 0.05) is 36.1 Å². The monoisotopic (exact) mass is 425 g/mol. The highest BCUT2D eigenvalue weighted by Crippen LogP contribution is 2.24. The topological polar surface area (TPSA) is 78.5 Å². The van der Waals surface area contributed by atoms with E-state index < -0.39 is 0 Å². The molecule has 2 N–H and O–H groups in total. The molecule has 1 aliphatic heterocycles. The lowest BCUT2D eigenvalue weighted by Gasteiger charge is -2.17. The number of benzene rings is 2. The lowest BCUT2D eigenvalue weighted by Crippen LogP contribution is -2.31. The summed E-state index contributed by atoms with van der Waals surface area (Å²) in [6.07, 6.45) is 1.47. The van der Waals surface area contributed by atoms with Gasteiger partial charge in [0.15, 0.2) is 0 Å². The first-order chi connectivity index (χ1) is 14.4. The Morgan fingerprint density at radius 1 is 1.13 bits per heavy atom. The van der Waals surface area contributed by atoms with Crippen LogP contribution in [0.5, 0.6) is 0 Å². The van der Waals surface area contributed by atoms with Crippen LogP contribution in [0.1, 0.15) is 42.6 Å². The molecule has 6 nitrogen and oxygen atoms in total. The highest BCUT2D eigenvalue weighted by molar-refractivity contribution is 8.00. The largest absolute Gasteiger partial charge is 0.353 e. The Balaban J connectivity index is 1.61. The quantitative estimate of drug-likeness (QED) is 0.636. The summed E-state index contributed by atoms with van der Waals surface area (Å²) in [6, 6.07) is 15.1. The van der Waals surface area contributed by atoms with Gasteiger partial charge in [-0.3, -0.25) is 14.4 Å². The summed E-state index contributed by atoms with van der Waals surface area (Å²) < 4.78 is 0. The van der Waals surface area contributed by atoms with Crippen LogP contribution in [0.15, 0.2) is 53.4 Å². The number of nitrogens with one attached hydrogen (secondary N) is 2. The Hall–Kier alpha value is -2.80. The van der Waals surface area contributed by atoms with Gasteiger partial charge in [0.2, 0.25) is 11.8 Å². The Morgan fingerprint density at radius 2 is 1.93 bits per heavy atom. The first-order valence-corrected chi connectivity index (χ1v) is 11.1. The predicted octanol–water partition coefficient (Wildman–Crippen LogP) is 3.36. The number of carbonyl (C=O) groups is 3. The van der Waals surface area contributed by atoms with E-state index in [1.165, 1.54) is 11.8 Å². The molecule has 2 aromatic carbocycles. The summed E-state index contributed by atoms with van der Waals surface area (Å²) >= 11 is 1.35. The highest BCUT2D eigenvalue weighted by atomic mass is 32.2. The van der Waals surface area contributed by atoms with Crippen molar-refractivity contribution in [2.45, 2.75) is 44.2 Å². The fourth-order valence-electron chi connectivity index (χ4n) is 3.32. The van der Waals surface area contributed by atoms with Gasteiger partial charge in [0.1, 0.15) is 0 Å². The van der Waals surface area contributed by atoms with Crippen LogP contribution in [0.4, 0.5) is 5.69 Å². The van der Waals surface area contributed by atoms with Gasteiger partial charge in [-0.15, -0.1) is 11.8 Å². The summed E-state index contributed by atoms with van der Waals surface area (Å²) in [6.45, 7) is 4.93. The summed E-state index contributed by atoms with van der Waals surface area (Å²) in [7, 11) is 0. The molecule has 0 atom stereocenters. The van der Waals surface area contributed by atoms with Crippen molar-refractivity contribution < 1.29 is 14.4 Å². The first kappa shape index (κ1) is 21.9. The molecular formula is C23H27N3O3S. The standard InChI is InChI=1S/C23H27N3O3S/c1-16(2)25-21(27)15-30-20-10-4-3-9-19(20)23(29)24-14-17-7-5-8-18(13-17)26-12-6-11-22(26)28/h3-5,7-10,13,16H,6,11-12,14-15H2,1-2H3,(H,24,29)(H,25,27). The van der Waals surface area contributed by atoms with E-state index >= 15 is 0 Å². The van der Waals surface area contributed by atoms with E-state index in [2.05, 4.69) is 10.6 Å². The van der Waals surface area contributed by atoms with E-state index in [4.69, 9.17) is 0 Å². The van der Waals surface area contributed by atoms with Gasteiger partial charge in [0.25, 0.3) is 5.91 Å². The fourth-order valence-corrected chi connectivity index (χ4v) is 4.18. The SMILES string of the molecule is CC(C)NC(=O)CSc1ccccc1C(=O)NCc1cccc(N2CCCC2=O)c1. The normalized spacial score (nSPS) is 13.6. The van der Waals surface area contributed by atoms with Crippen LogP contribution in [0.25, 0.3) is 0 Å². The molecule has 2 aromatic rings. The summed E-state index contributed by atoms with van der Waals surface area (Å²) in [5.41, 5.74) is 2.35. The number of rotatable bonds is 8. The average molecular weight is 426 g/mol. The van der Waals surface area contributed by atoms with Crippen LogP contribution in [-0.4, -0.2) is 36.1 Å². The third-order valence-electron chi connectivity index (χ3n) is 4.69. The van der Waals surface area contributed by atoms with Crippen molar-refractivity contribution in [1.82, 2.24) is 10.6 Å². The molecule has 0 aliphatic carbocycles. The highest BCUT2D eigenvalue weighted by Gasteiger charge is 2.21. The second kappa shape index (κ2) is 10.3.